The number of carbonyl (C=O) groups is 1. The van der Waals surface area contributed by atoms with E-state index in [0.29, 0.717) is 12.1 Å². The van der Waals surface area contributed by atoms with Crippen LogP contribution in [0.1, 0.15) is 28.4 Å². The van der Waals surface area contributed by atoms with Gasteiger partial charge < -0.3 is 10.3 Å². The highest BCUT2D eigenvalue weighted by atomic mass is 16.2. The van der Waals surface area contributed by atoms with Crippen LogP contribution in [-0.2, 0) is 13.1 Å². The summed E-state index contributed by atoms with van der Waals surface area (Å²) in [6, 6.07) is 6.34. The second kappa shape index (κ2) is 5.78. The monoisotopic (exact) mass is 287 g/mol. The van der Waals surface area contributed by atoms with E-state index in [0.717, 1.165) is 11.1 Å². The van der Waals surface area contributed by atoms with Gasteiger partial charge in [-0.15, -0.1) is 0 Å². The Morgan fingerprint density at radius 2 is 1.95 bits per heavy atom. The molecule has 0 saturated heterocycles. The molecule has 1 heterocycles. The number of nitrogens with zero attached hydrogens (tertiary/aromatic N) is 2. The lowest BCUT2D eigenvalue weighted by atomic mass is 10.0. The van der Waals surface area contributed by atoms with Gasteiger partial charge in [-0.2, -0.15) is 0 Å². The predicted molar refractivity (Wildman–Crippen MR) is 79.4 cm³/mol. The molecular weight excluding hydrogens is 270 g/mol. The molecule has 0 spiro atoms. The van der Waals surface area contributed by atoms with Crippen LogP contribution < -0.4 is 17.0 Å². The molecule has 0 radical (unpaired) electrons. The number of benzene rings is 1. The Labute approximate surface area is 121 Å². The number of aryl methyl sites for hydroxylation is 2. The van der Waals surface area contributed by atoms with E-state index in [1.807, 2.05) is 13.8 Å². The SMILES string of the molecule is CCn1ccc(=O)n(Cc2ccc(C(N)=O)cc2C)c1=O. The zero-order valence-electron chi connectivity index (χ0n) is 12.0. The molecule has 0 unspecified atom stereocenters. The van der Waals surface area contributed by atoms with E-state index < -0.39 is 5.91 Å². The zero-order chi connectivity index (χ0) is 15.6. The zero-order valence-corrected chi connectivity index (χ0v) is 12.0. The standard InChI is InChI=1S/C15H17N3O3/c1-3-17-7-6-13(19)18(15(17)21)9-12-5-4-11(14(16)20)8-10(12)2/h4-8H,3,9H2,1-2H3,(H2,16,20). The number of rotatable bonds is 4. The van der Waals surface area contributed by atoms with Crippen LogP contribution in [0.15, 0.2) is 40.1 Å². The van der Waals surface area contributed by atoms with Crippen molar-refractivity contribution >= 4 is 5.91 Å². The van der Waals surface area contributed by atoms with Gasteiger partial charge in [0.2, 0.25) is 5.91 Å². The van der Waals surface area contributed by atoms with Crippen molar-refractivity contribution in [2.24, 2.45) is 5.73 Å². The summed E-state index contributed by atoms with van der Waals surface area (Å²) in [5, 5.41) is 0. The molecule has 0 fully saturated rings. The van der Waals surface area contributed by atoms with E-state index >= 15 is 0 Å². The molecule has 1 amide bonds. The predicted octanol–water partition coefficient (Wildman–Crippen LogP) is 0.486. The molecule has 2 aromatic rings. The number of primary amides is 1. The number of carbonyl (C=O) groups excluding carboxylic acids is 1. The average Bonchev–Trinajstić information content (AvgIpc) is 2.44. The Morgan fingerprint density at radius 3 is 2.52 bits per heavy atom. The van der Waals surface area contributed by atoms with Gasteiger partial charge in [0.1, 0.15) is 0 Å². The van der Waals surface area contributed by atoms with Crippen molar-refractivity contribution in [2.45, 2.75) is 26.9 Å². The van der Waals surface area contributed by atoms with Crippen LogP contribution in [0, 0.1) is 6.92 Å². The van der Waals surface area contributed by atoms with Crippen molar-refractivity contribution in [3.63, 3.8) is 0 Å². The molecule has 110 valence electrons. The van der Waals surface area contributed by atoms with Crippen LogP contribution in [0.4, 0.5) is 0 Å². The largest absolute Gasteiger partial charge is 0.366 e. The highest BCUT2D eigenvalue weighted by molar-refractivity contribution is 5.93. The van der Waals surface area contributed by atoms with Gasteiger partial charge >= 0.3 is 5.69 Å². The topological polar surface area (TPSA) is 87.1 Å². The first-order chi connectivity index (χ1) is 9.93. The maximum atomic E-state index is 12.2. The summed E-state index contributed by atoms with van der Waals surface area (Å²) >= 11 is 0. The molecule has 0 saturated carbocycles. The second-order valence-corrected chi connectivity index (χ2v) is 4.81. The molecular formula is C15H17N3O3. The van der Waals surface area contributed by atoms with Gasteiger partial charge in [0.15, 0.2) is 0 Å². The highest BCUT2D eigenvalue weighted by Crippen LogP contribution is 2.11. The quantitative estimate of drug-likeness (QED) is 0.887. The van der Waals surface area contributed by atoms with E-state index in [1.54, 1.807) is 18.2 Å². The van der Waals surface area contributed by atoms with E-state index in [9.17, 15) is 14.4 Å². The Morgan fingerprint density at radius 1 is 1.24 bits per heavy atom. The third-order valence-electron chi connectivity index (χ3n) is 3.44. The minimum absolute atomic E-state index is 0.170. The Hall–Kier alpha value is -2.63. The van der Waals surface area contributed by atoms with E-state index in [2.05, 4.69) is 0 Å². The first-order valence-electron chi connectivity index (χ1n) is 6.63. The Balaban J connectivity index is 2.46. The van der Waals surface area contributed by atoms with E-state index in [4.69, 9.17) is 5.73 Å². The summed E-state index contributed by atoms with van der Waals surface area (Å²) in [4.78, 5) is 35.2. The lowest BCUT2D eigenvalue weighted by Gasteiger charge is -2.11. The summed E-state index contributed by atoms with van der Waals surface area (Å²) in [5.41, 5.74) is 6.55. The van der Waals surface area contributed by atoms with Crippen LogP contribution in [0.5, 0.6) is 0 Å². The molecule has 21 heavy (non-hydrogen) atoms. The van der Waals surface area contributed by atoms with E-state index in [1.165, 1.54) is 21.4 Å². The third kappa shape index (κ3) is 2.94. The molecule has 2 rings (SSSR count). The molecule has 0 aliphatic carbocycles. The number of nitrogens with two attached hydrogens (primary N) is 1. The number of aromatic nitrogens is 2. The number of amides is 1. The first-order valence-corrected chi connectivity index (χ1v) is 6.63. The van der Waals surface area contributed by atoms with Crippen molar-refractivity contribution in [1.82, 2.24) is 9.13 Å². The maximum absolute atomic E-state index is 12.2. The lowest BCUT2D eigenvalue weighted by Crippen LogP contribution is -2.39. The molecule has 1 aromatic heterocycles. The van der Waals surface area contributed by atoms with Gasteiger partial charge in [-0.3, -0.25) is 14.2 Å². The van der Waals surface area contributed by atoms with Crippen molar-refractivity contribution in [3.05, 3.63) is 68.0 Å². The lowest BCUT2D eigenvalue weighted by molar-refractivity contribution is 0.1000. The fourth-order valence-corrected chi connectivity index (χ4v) is 2.14. The molecule has 1 aromatic carbocycles. The van der Waals surface area contributed by atoms with Crippen molar-refractivity contribution in [2.75, 3.05) is 0 Å². The minimum atomic E-state index is -0.505. The molecule has 0 atom stereocenters. The van der Waals surface area contributed by atoms with Crippen molar-refractivity contribution in [1.29, 1.82) is 0 Å². The third-order valence-corrected chi connectivity index (χ3v) is 3.44. The molecule has 6 nitrogen and oxygen atoms in total. The molecule has 6 heteroatoms. The smallest absolute Gasteiger partial charge is 0.331 e. The normalized spacial score (nSPS) is 10.6. The molecule has 0 aliphatic rings. The fraction of sp³-hybridized carbons (Fsp3) is 0.267. The Kier molecular flexibility index (Phi) is 4.07. The highest BCUT2D eigenvalue weighted by Gasteiger charge is 2.09. The fourth-order valence-electron chi connectivity index (χ4n) is 2.14. The second-order valence-electron chi connectivity index (χ2n) is 4.81. The van der Waals surface area contributed by atoms with Crippen LogP contribution >= 0.6 is 0 Å². The number of hydrogen-bond donors (Lipinski definition) is 1. The van der Waals surface area contributed by atoms with Gasteiger partial charge in [0.05, 0.1) is 6.54 Å². The summed E-state index contributed by atoms with van der Waals surface area (Å²) in [6.45, 7) is 4.32. The number of hydrogen-bond acceptors (Lipinski definition) is 3. The summed E-state index contributed by atoms with van der Waals surface area (Å²) < 4.78 is 2.64. The maximum Gasteiger partial charge on any atom is 0.331 e. The Bertz CT molecular complexity index is 803. The minimum Gasteiger partial charge on any atom is -0.366 e. The van der Waals surface area contributed by atoms with Crippen molar-refractivity contribution in [3.8, 4) is 0 Å². The van der Waals surface area contributed by atoms with Crippen LogP contribution in [0.2, 0.25) is 0 Å². The van der Waals surface area contributed by atoms with Gasteiger partial charge in [0, 0.05) is 24.4 Å². The summed E-state index contributed by atoms with van der Waals surface area (Å²) in [7, 11) is 0. The van der Waals surface area contributed by atoms with Gasteiger partial charge in [-0.25, -0.2) is 4.79 Å². The first kappa shape index (κ1) is 14.8. The summed E-state index contributed by atoms with van der Waals surface area (Å²) in [5.74, 6) is -0.505. The van der Waals surface area contributed by atoms with Crippen LogP contribution in [-0.4, -0.2) is 15.0 Å². The average molecular weight is 287 g/mol. The molecule has 0 bridgehead atoms. The summed E-state index contributed by atoms with van der Waals surface area (Å²) in [6.07, 6.45) is 1.49. The van der Waals surface area contributed by atoms with Gasteiger partial charge in [0.25, 0.3) is 5.56 Å². The van der Waals surface area contributed by atoms with Crippen LogP contribution in [0.25, 0.3) is 0 Å². The van der Waals surface area contributed by atoms with Gasteiger partial charge in [-0.1, -0.05) is 6.07 Å². The van der Waals surface area contributed by atoms with Gasteiger partial charge in [-0.05, 0) is 37.1 Å². The molecule has 2 N–H and O–H groups in total. The van der Waals surface area contributed by atoms with Crippen molar-refractivity contribution < 1.29 is 4.79 Å². The molecule has 0 aliphatic heterocycles. The van der Waals surface area contributed by atoms with Crippen LogP contribution in [0.3, 0.4) is 0 Å². The van der Waals surface area contributed by atoms with E-state index in [-0.39, 0.29) is 17.8 Å².